The van der Waals surface area contributed by atoms with E-state index in [2.05, 4.69) is 11.8 Å². The second kappa shape index (κ2) is 6.21. The van der Waals surface area contributed by atoms with Gasteiger partial charge in [-0.2, -0.15) is 0 Å². The molecule has 0 aromatic heterocycles. The van der Waals surface area contributed by atoms with E-state index < -0.39 is 5.97 Å². The predicted molar refractivity (Wildman–Crippen MR) is 62.4 cm³/mol. The number of aliphatic carboxylic acids is 1. The van der Waals surface area contributed by atoms with Gasteiger partial charge >= 0.3 is 5.97 Å². The molecular formula is C12H23NO3. The normalized spacial score (nSPS) is 28.2. The summed E-state index contributed by atoms with van der Waals surface area (Å²) in [5.41, 5.74) is 0. The molecule has 94 valence electrons. The molecule has 0 aromatic rings. The maximum Gasteiger partial charge on any atom is 0.320 e. The lowest BCUT2D eigenvalue weighted by atomic mass is 9.99. The lowest BCUT2D eigenvalue weighted by molar-refractivity contribution is -0.143. The van der Waals surface area contributed by atoms with Crippen LogP contribution in [0.3, 0.4) is 0 Å². The molecule has 1 N–H and O–H groups in total. The second-order valence-electron chi connectivity index (χ2n) is 4.61. The highest BCUT2D eigenvalue weighted by Crippen LogP contribution is 2.25. The van der Waals surface area contributed by atoms with Crippen LogP contribution in [0, 0.1) is 11.8 Å². The zero-order valence-electron chi connectivity index (χ0n) is 10.5. The van der Waals surface area contributed by atoms with Crippen LogP contribution >= 0.6 is 0 Å². The molecule has 16 heavy (non-hydrogen) atoms. The van der Waals surface area contributed by atoms with E-state index in [0.717, 1.165) is 26.3 Å². The molecule has 0 radical (unpaired) electrons. The first-order chi connectivity index (χ1) is 7.60. The van der Waals surface area contributed by atoms with Gasteiger partial charge in [0.2, 0.25) is 0 Å². The largest absolute Gasteiger partial charge is 0.480 e. The summed E-state index contributed by atoms with van der Waals surface area (Å²) >= 11 is 0. The van der Waals surface area contributed by atoms with Crippen molar-refractivity contribution < 1.29 is 14.6 Å². The standard InChI is InChI=1S/C12H23NO3/c1-4-11(12(14)15)13-6-9(3)10(7-13)8-16-5-2/h9-11H,4-8H2,1-3H3,(H,14,15)/t9-,10-,11+/m0/s1. The van der Waals surface area contributed by atoms with Gasteiger partial charge in [0, 0.05) is 19.7 Å². The van der Waals surface area contributed by atoms with Gasteiger partial charge in [-0.1, -0.05) is 13.8 Å². The van der Waals surface area contributed by atoms with Crippen molar-refractivity contribution in [2.75, 3.05) is 26.3 Å². The van der Waals surface area contributed by atoms with Gasteiger partial charge in [0.25, 0.3) is 0 Å². The predicted octanol–water partition coefficient (Wildman–Crippen LogP) is 1.45. The highest BCUT2D eigenvalue weighted by atomic mass is 16.5. The Morgan fingerprint density at radius 1 is 1.50 bits per heavy atom. The number of carboxylic acid groups (broad SMARTS) is 1. The molecule has 0 amide bonds. The first-order valence-electron chi connectivity index (χ1n) is 6.14. The zero-order valence-corrected chi connectivity index (χ0v) is 10.5. The Kier molecular flexibility index (Phi) is 5.22. The molecule has 3 atom stereocenters. The van der Waals surface area contributed by atoms with E-state index in [0.29, 0.717) is 18.3 Å². The number of carboxylic acids is 1. The van der Waals surface area contributed by atoms with E-state index in [-0.39, 0.29) is 6.04 Å². The van der Waals surface area contributed by atoms with Crippen LogP contribution in [0.1, 0.15) is 27.2 Å². The summed E-state index contributed by atoms with van der Waals surface area (Å²) in [6.07, 6.45) is 0.670. The molecule has 1 heterocycles. The van der Waals surface area contributed by atoms with Crippen molar-refractivity contribution in [3.63, 3.8) is 0 Å². The lowest BCUT2D eigenvalue weighted by Gasteiger charge is -2.22. The van der Waals surface area contributed by atoms with Gasteiger partial charge in [0.15, 0.2) is 0 Å². The van der Waals surface area contributed by atoms with E-state index in [1.807, 2.05) is 13.8 Å². The zero-order chi connectivity index (χ0) is 12.1. The van der Waals surface area contributed by atoms with Crippen molar-refractivity contribution in [2.24, 2.45) is 11.8 Å². The monoisotopic (exact) mass is 229 g/mol. The number of carbonyl (C=O) groups is 1. The third kappa shape index (κ3) is 3.19. The van der Waals surface area contributed by atoms with Crippen molar-refractivity contribution in [1.29, 1.82) is 0 Å². The van der Waals surface area contributed by atoms with Crippen LogP contribution in [0.5, 0.6) is 0 Å². The summed E-state index contributed by atoms with van der Waals surface area (Å²) in [6, 6.07) is -0.325. The summed E-state index contributed by atoms with van der Waals surface area (Å²) in [6.45, 7) is 9.32. The maximum atomic E-state index is 11.1. The molecule has 0 saturated carbocycles. The quantitative estimate of drug-likeness (QED) is 0.749. The fourth-order valence-electron chi connectivity index (χ4n) is 2.40. The highest BCUT2D eigenvalue weighted by Gasteiger charge is 2.35. The fraction of sp³-hybridized carbons (Fsp3) is 0.917. The molecule has 4 heteroatoms. The van der Waals surface area contributed by atoms with Crippen molar-refractivity contribution in [1.82, 2.24) is 4.90 Å². The molecule has 1 aliphatic rings. The van der Waals surface area contributed by atoms with E-state index in [4.69, 9.17) is 9.84 Å². The van der Waals surface area contributed by atoms with Crippen LogP contribution in [0.25, 0.3) is 0 Å². The van der Waals surface area contributed by atoms with Crippen LogP contribution in [0.4, 0.5) is 0 Å². The van der Waals surface area contributed by atoms with Gasteiger partial charge in [-0.15, -0.1) is 0 Å². The van der Waals surface area contributed by atoms with Gasteiger partial charge in [-0.3, -0.25) is 9.69 Å². The third-order valence-electron chi connectivity index (χ3n) is 3.44. The van der Waals surface area contributed by atoms with Crippen molar-refractivity contribution in [3.05, 3.63) is 0 Å². The number of hydrogen-bond donors (Lipinski definition) is 1. The molecule has 4 nitrogen and oxygen atoms in total. The lowest BCUT2D eigenvalue weighted by Crippen LogP contribution is -2.39. The summed E-state index contributed by atoms with van der Waals surface area (Å²) in [5, 5.41) is 9.11. The Labute approximate surface area is 97.6 Å². The summed E-state index contributed by atoms with van der Waals surface area (Å²) in [7, 11) is 0. The Bertz CT molecular complexity index is 232. The van der Waals surface area contributed by atoms with Crippen LogP contribution < -0.4 is 0 Å². The number of nitrogens with zero attached hydrogens (tertiary/aromatic N) is 1. The van der Waals surface area contributed by atoms with Gasteiger partial charge < -0.3 is 9.84 Å². The van der Waals surface area contributed by atoms with Gasteiger partial charge in [0.05, 0.1) is 6.61 Å². The first-order valence-corrected chi connectivity index (χ1v) is 6.14. The topological polar surface area (TPSA) is 49.8 Å². The molecule has 1 rings (SSSR count). The molecule has 0 spiro atoms. The molecular weight excluding hydrogens is 206 g/mol. The van der Waals surface area contributed by atoms with Crippen molar-refractivity contribution in [3.8, 4) is 0 Å². The Morgan fingerprint density at radius 2 is 2.19 bits per heavy atom. The minimum atomic E-state index is -0.702. The second-order valence-corrected chi connectivity index (χ2v) is 4.61. The smallest absolute Gasteiger partial charge is 0.320 e. The number of hydrogen-bond acceptors (Lipinski definition) is 3. The van der Waals surface area contributed by atoms with E-state index in [1.54, 1.807) is 0 Å². The van der Waals surface area contributed by atoms with E-state index in [1.165, 1.54) is 0 Å². The van der Waals surface area contributed by atoms with Gasteiger partial charge in [-0.05, 0) is 25.2 Å². The Balaban J connectivity index is 2.50. The summed E-state index contributed by atoms with van der Waals surface area (Å²) in [4.78, 5) is 13.2. The number of rotatable bonds is 6. The molecule has 1 saturated heterocycles. The number of likely N-dealkylation sites (tertiary alicyclic amines) is 1. The third-order valence-corrected chi connectivity index (χ3v) is 3.44. The van der Waals surface area contributed by atoms with Crippen molar-refractivity contribution >= 4 is 5.97 Å². The molecule has 0 aliphatic carbocycles. The first kappa shape index (κ1) is 13.5. The molecule has 0 unspecified atom stereocenters. The van der Waals surface area contributed by atoms with Crippen LogP contribution in [0.2, 0.25) is 0 Å². The average molecular weight is 229 g/mol. The van der Waals surface area contributed by atoms with E-state index in [9.17, 15) is 4.79 Å². The van der Waals surface area contributed by atoms with Crippen LogP contribution in [0.15, 0.2) is 0 Å². The van der Waals surface area contributed by atoms with Gasteiger partial charge in [-0.25, -0.2) is 0 Å². The Hall–Kier alpha value is -0.610. The summed E-state index contributed by atoms with van der Waals surface area (Å²) in [5.74, 6) is 0.306. The summed E-state index contributed by atoms with van der Waals surface area (Å²) < 4.78 is 5.44. The minimum Gasteiger partial charge on any atom is -0.480 e. The highest BCUT2D eigenvalue weighted by molar-refractivity contribution is 5.73. The molecule has 0 aromatic carbocycles. The fourth-order valence-corrected chi connectivity index (χ4v) is 2.40. The average Bonchev–Trinajstić information content (AvgIpc) is 2.57. The molecule has 1 aliphatic heterocycles. The van der Waals surface area contributed by atoms with E-state index >= 15 is 0 Å². The SMILES string of the molecule is CCOC[C@@H]1CN([C@H](CC)C(=O)O)C[C@@H]1C. The minimum absolute atomic E-state index is 0.325. The maximum absolute atomic E-state index is 11.1. The van der Waals surface area contributed by atoms with Gasteiger partial charge in [0.1, 0.15) is 6.04 Å². The van der Waals surface area contributed by atoms with Crippen LogP contribution in [-0.4, -0.2) is 48.3 Å². The molecule has 1 fully saturated rings. The van der Waals surface area contributed by atoms with Crippen molar-refractivity contribution in [2.45, 2.75) is 33.2 Å². The Morgan fingerprint density at radius 3 is 2.69 bits per heavy atom. The molecule has 0 bridgehead atoms. The number of ether oxygens (including phenoxy) is 1. The van der Waals surface area contributed by atoms with Crippen LogP contribution in [-0.2, 0) is 9.53 Å².